The number of nitrogens with zero attached hydrogens (tertiary/aromatic N) is 1. The number of ether oxygens (including phenoxy) is 1. The van der Waals surface area contributed by atoms with E-state index in [9.17, 15) is 5.11 Å². The molecule has 0 saturated heterocycles. The molecule has 0 bridgehead atoms. The first-order valence-corrected chi connectivity index (χ1v) is 7.23. The van der Waals surface area contributed by atoms with Crippen LogP contribution < -0.4 is 0 Å². The Kier molecular flexibility index (Phi) is 4.92. The standard InChI is InChI=1S/C14H25NO2S/c1-13(2,3)11-9-18-12(15-11)7-10(16)8-17-14(4,5)6/h9-10,16H,7-8H2,1-6H3. The molecule has 0 amide bonds. The van der Waals surface area contributed by atoms with Gasteiger partial charge in [-0.15, -0.1) is 11.3 Å². The number of aromatic nitrogens is 1. The van der Waals surface area contributed by atoms with Crippen LogP contribution in [0.4, 0.5) is 0 Å². The van der Waals surface area contributed by atoms with Gasteiger partial charge in [-0.1, -0.05) is 20.8 Å². The van der Waals surface area contributed by atoms with Crippen LogP contribution in [0.25, 0.3) is 0 Å². The topological polar surface area (TPSA) is 42.4 Å². The second-order valence-corrected chi connectivity index (χ2v) is 7.60. The molecule has 0 aliphatic rings. The van der Waals surface area contributed by atoms with Crippen molar-refractivity contribution in [2.45, 2.75) is 65.1 Å². The van der Waals surface area contributed by atoms with Gasteiger partial charge in [0.1, 0.15) is 0 Å². The van der Waals surface area contributed by atoms with Crippen LogP contribution in [0.5, 0.6) is 0 Å². The fourth-order valence-electron chi connectivity index (χ4n) is 1.36. The fraction of sp³-hybridized carbons (Fsp3) is 0.786. The third-order valence-corrected chi connectivity index (χ3v) is 3.31. The van der Waals surface area contributed by atoms with E-state index in [2.05, 4.69) is 31.1 Å². The molecule has 3 nitrogen and oxygen atoms in total. The Balaban J connectivity index is 2.50. The van der Waals surface area contributed by atoms with E-state index in [1.54, 1.807) is 11.3 Å². The van der Waals surface area contributed by atoms with Gasteiger partial charge in [-0.3, -0.25) is 0 Å². The molecule has 1 N–H and O–H groups in total. The van der Waals surface area contributed by atoms with Crippen LogP contribution in [0.2, 0.25) is 0 Å². The van der Waals surface area contributed by atoms with E-state index in [0.717, 1.165) is 10.7 Å². The van der Waals surface area contributed by atoms with Crippen molar-refractivity contribution in [2.75, 3.05) is 6.61 Å². The molecule has 0 radical (unpaired) electrons. The van der Waals surface area contributed by atoms with Crippen molar-refractivity contribution in [3.63, 3.8) is 0 Å². The summed E-state index contributed by atoms with van der Waals surface area (Å²) in [5, 5.41) is 13.0. The first-order chi connectivity index (χ1) is 8.08. The minimum absolute atomic E-state index is 0.0710. The predicted molar refractivity (Wildman–Crippen MR) is 76.2 cm³/mol. The van der Waals surface area contributed by atoms with Gasteiger partial charge in [0.05, 0.1) is 29.0 Å². The zero-order valence-electron chi connectivity index (χ0n) is 12.3. The summed E-state index contributed by atoms with van der Waals surface area (Å²) in [7, 11) is 0. The monoisotopic (exact) mass is 271 g/mol. The van der Waals surface area contributed by atoms with Crippen molar-refractivity contribution in [2.24, 2.45) is 0 Å². The van der Waals surface area contributed by atoms with Gasteiger partial charge >= 0.3 is 0 Å². The first kappa shape index (κ1) is 15.6. The number of thiazole rings is 1. The number of hydrogen-bond acceptors (Lipinski definition) is 4. The molecule has 0 fully saturated rings. The average Bonchev–Trinajstić information content (AvgIpc) is 2.61. The quantitative estimate of drug-likeness (QED) is 0.914. The zero-order chi connectivity index (χ0) is 14.0. The Labute approximate surface area is 114 Å². The minimum atomic E-state index is -0.483. The first-order valence-electron chi connectivity index (χ1n) is 6.35. The van der Waals surface area contributed by atoms with Crippen LogP contribution in [-0.4, -0.2) is 28.4 Å². The summed E-state index contributed by atoms with van der Waals surface area (Å²) < 4.78 is 5.56. The number of hydrogen-bond donors (Lipinski definition) is 1. The molecule has 1 unspecified atom stereocenters. The summed E-state index contributed by atoms with van der Waals surface area (Å²) in [5.41, 5.74) is 0.952. The summed E-state index contributed by atoms with van der Waals surface area (Å²) in [4.78, 5) is 4.57. The highest BCUT2D eigenvalue weighted by molar-refractivity contribution is 7.09. The molecule has 0 aliphatic heterocycles. The average molecular weight is 271 g/mol. The molecule has 1 atom stereocenters. The van der Waals surface area contributed by atoms with E-state index in [-0.39, 0.29) is 11.0 Å². The second-order valence-electron chi connectivity index (χ2n) is 6.66. The summed E-state index contributed by atoms with van der Waals surface area (Å²) in [6.07, 6.45) is 0.0831. The maximum atomic E-state index is 9.92. The maximum Gasteiger partial charge on any atom is 0.0955 e. The van der Waals surface area contributed by atoms with Gasteiger partial charge in [0.2, 0.25) is 0 Å². The number of rotatable bonds is 4. The summed E-state index contributed by atoms with van der Waals surface area (Å²) in [6.45, 7) is 12.7. The van der Waals surface area contributed by atoms with Crippen molar-refractivity contribution in [1.29, 1.82) is 0 Å². The van der Waals surface area contributed by atoms with Gasteiger partial charge in [-0.05, 0) is 20.8 Å². The van der Waals surface area contributed by atoms with Crippen molar-refractivity contribution in [3.05, 3.63) is 16.1 Å². The lowest BCUT2D eigenvalue weighted by atomic mass is 9.93. The molecule has 0 aromatic carbocycles. The molecule has 18 heavy (non-hydrogen) atoms. The molecule has 1 aromatic heterocycles. The molecule has 4 heteroatoms. The lowest BCUT2D eigenvalue weighted by molar-refractivity contribution is -0.0482. The maximum absolute atomic E-state index is 9.92. The normalized spacial score (nSPS) is 14.8. The van der Waals surface area contributed by atoms with Gasteiger partial charge in [-0.2, -0.15) is 0 Å². The molecule has 0 spiro atoms. The molecule has 0 aliphatic carbocycles. The molecule has 1 aromatic rings. The third-order valence-electron chi connectivity index (χ3n) is 2.44. The molecule has 1 heterocycles. The fourth-order valence-corrected chi connectivity index (χ4v) is 2.45. The largest absolute Gasteiger partial charge is 0.390 e. The van der Waals surface area contributed by atoms with Crippen molar-refractivity contribution >= 4 is 11.3 Å². The van der Waals surface area contributed by atoms with E-state index in [1.165, 1.54) is 0 Å². The lowest BCUT2D eigenvalue weighted by Crippen LogP contribution is -2.27. The van der Waals surface area contributed by atoms with Crippen LogP contribution >= 0.6 is 11.3 Å². The highest BCUT2D eigenvalue weighted by Crippen LogP contribution is 2.24. The molecule has 104 valence electrons. The highest BCUT2D eigenvalue weighted by atomic mass is 32.1. The summed E-state index contributed by atoms with van der Waals surface area (Å²) in [5.74, 6) is 0. The van der Waals surface area contributed by atoms with Crippen molar-refractivity contribution < 1.29 is 9.84 Å². The van der Waals surface area contributed by atoms with Crippen molar-refractivity contribution in [1.82, 2.24) is 4.98 Å². The van der Waals surface area contributed by atoms with E-state index in [0.29, 0.717) is 13.0 Å². The Hall–Kier alpha value is -0.450. The van der Waals surface area contributed by atoms with Gasteiger partial charge < -0.3 is 9.84 Å². The zero-order valence-corrected chi connectivity index (χ0v) is 13.1. The summed E-state index contributed by atoms with van der Waals surface area (Å²) >= 11 is 1.61. The van der Waals surface area contributed by atoms with Gasteiger partial charge in [0, 0.05) is 17.2 Å². The van der Waals surface area contributed by atoms with Gasteiger partial charge in [-0.25, -0.2) is 4.98 Å². The second kappa shape index (κ2) is 5.68. The minimum Gasteiger partial charge on any atom is -0.390 e. The summed E-state index contributed by atoms with van der Waals surface area (Å²) in [6, 6.07) is 0. The van der Waals surface area contributed by atoms with Crippen LogP contribution in [0, 0.1) is 0 Å². The van der Waals surface area contributed by atoms with Crippen LogP contribution in [0.3, 0.4) is 0 Å². The number of aliphatic hydroxyl groups excluding tert-OH is 1. The van der Waals surface area contributed by atoms with Crippen molar-refractivity contribution in [3.8, 4) is 0 Å². The smallest absolute Gasteiger partial charge is 0.0955 e. The van der Waals surface area contributed by atoms with Gasteiger partial charge in [0.15, 0.2) is 0 Å². The Morgan fingerprint density at radius 1 is 1.28 bits per heavy atom. The third kappa shape index (κ3) is 5.46. The Morgan fingerprint density at radius 3 is 2.33 bits per heavy atom. The van der Waals surface area contributed by atoms with E-state index < -0.39 is 6.10 Å². The lowest BCUT2D eigenvalue weighted by Gasteiger charge is -2.21. The Morgan fingerprint density at radius 2 is 1.89 bits per heavy atom. The predicted octanol–water partition coefficient (Wildman–Crippen LogP) is 3.16. The van der Waals surface area contributed by atoms with Gasteiger partial charge in [0.25, 0.3) is 0 Å². The van der Waals surface area contributed by atoms with E-state index >= 15 is 0 Å². The van der Waals surface area contributed by atoms with Crippen LogP contribution in [0.15, 0.2) is 5.38 Å². The molecular formula is C14H25NO2S. The van der Waals surface area contributed by atoms with E-state index in [4.69, 9.17) is 4.74 Å². The number of aliphatic hydroxyl groups is 1. The highest BCUT2D eigenvalue weighted by Gasteiger charge is 2.19. The molecular weight excluding hydrogens is 246 g/mol. The molecule has 0 saturated carbocycles. The SMILES string of the molecule is CC(C)(C)OCC(O)Cc1nc(C(C)(C)C)cs1. The Bertz CT molecular complexity index is 374. The van der Waals surface area contributed by atoms with Crippen LogP contribution in [-0.2, 0) is 16.6 Å². The van der Waals surface area contributed by atoms with Crippen LogP contribution in [0.1, 0.15) is 52.2 Å². The van der Waals surface area contributed by atoms with E-state index in [1.807, 2.05) is 20.8 Å². The molecule has 1 rings (SSSR count).